The number of ether oxygens (including phenoxy) is 1. The van der Waals surface area contributed by atoms with Crippen LogP contribution in [0.3, 0.4) is 0 Å². The summed E-state index contributed by atoms with van der Waals surface area (Å²) in [4.78, 5) is 0. The fourth-order valence-corrected chi connectivity index (χ4v) is 3.37. The third kappa shape index (κ3) is 3.72. The summed E-state index contributed by atoms with van der Waals surface area (Å²) in [5, 5.41) is 3.70. The lowest BCUT2D eigenvalue weighted by atomic mass is 9.73. The maximum atomic E-state index is 5.65. The van der Waals surface area contributed by atoms with Crippen LogP contribution < -0.4 is 11.1 Å². The molecule has 1 heterocycles. The molecular formula is C13H28N2O. The fraction of sp³-hybridized carbons (Fsp3) is 1.00. The summed E-state index contributed by atoms with van der Waals surface area (Å²) in [6.45, 7) is 9.81. The van der Waals surface area contributed by atoms with Gasteiger partial charge in [0, 0.05) is 18.2 Å². The van der Waals surface area contributed by atoms with Gasteiger partial charge in [0.15, 0.2) is 0 Å². The van der Waals surface area contributed by atoms with Gasteiger partial charge in [0.1, 0.15) is 0 Å². The van der Waals surface area contributed by atoms with Crippen molar-refractivity contribution in [2.45, 2.75) is 64.1 Å². The van der Waals surface area contributed by atoms with E-state index in [0.29, 0.717) is 18.6 Å². The second-order valence-corrected chi connectivity index (χ2v) is 6.41. The largest absolute Gasteiger partial charge is 0.381 e. The molecule has 1 atom stereocenters. The lowest BCUT2D eigenvalue weighted by Gasteiger charge is -2.48. The van der Waals surface area contributed by atoms with E-state index in [1.165, 1.54) is 0 Å². The van der Waals surface area contributed by atoms with Gasteiger partial charge in [0.2, 0.25) is 0 Å². The van der Waals surface area contributed by atoms with Crippen LogP contribution >= 0.6 is 0 Å². The number of rotatable bonds is 4. The molecule has 1 aliphatic rings. The van der Waals surface area contributed by atoms with Crippen molar-refractivity contribution in [2.75, 3.05) is 13.7 Å². The van der Waals surface area contributed by atoms with E-state index < -0.39 is 0 Å². The summed E-state index contributed by atoms with van der Waals surface area (Å²) in [6, 6.07) is 0. The molecule has 3 N–H and O–H groups in total. The Hall–Kier alpha value is -0.120. The van der Waals surface area contributed by atoms with E-state index in [0.717, 1.165) is 19.3 Å². The van der Waals surface area contributed by atoms with Crippen molar-refractivity contribution < 1.29 is 4.74 Å². The zero-order valence-corrected chi connectivity index (χ0v) is 11.5. The van der Waals surface area contributed by atoms with Crippen molar-refractivity contribution >= 4 is 0 Å². The van der Waals surface area contributed by atoms with E-state index >= 15 is 0 Å². The van der Waals surface area contributed by atoms with Crippen molar-refractivity contribution in [3.63, 3.8) is 0 Å². The number of hydrogen-bond acceptors (Lipinski definition) is 3. The first kappa shape index (κ1) is 13.9. The van der Waals surface area contributed by atoms with Crippen LogP contribution in [-0.2, 0) is 4.74 Å². The molecule has 0 radical (unpaired) electrons. The second kappa shape index (κ2) is 5.03. The van der Waals surface area contributed by atoms with Gasteiger partial charge in [0.25, 0.3) is 0 Å². The molecule has 1 fully saturated rings. The molecule has 3 heteroatoms. The minimum atomic E-state index is 0.192. The SMILES string of the molecule is COC(CCN)C1CC(C)(C)NC(C)(C)C1. The lowest BCUT2D eigenvalue weighted by molar-refractivity contribution is -0.00489. The molecule has 0 aromatic rings. The Kier molecular flexibility index (Phi) is 4.38. The van der Waals surface area contributed by atoms with Gasteiger partial charge in [-0.15, -0.1) is 0 Å². The average molecular weight is 228 g/mol. The number of piperidine rings is 1. The maximum absolute atomic E-state index is 5.65. The zero-order valence-electron chi connectivity index (χ0n) is 11.5. The lowest BCUT2D eigenvalue weighted by Crippen LogP contribution is -2.59. The van der Waals surface area contributed by atoms with Crippen LogP contribution in [0.5, 0.6) is 0 Å². The zero-order chi connectivity index (χ0) is 12.4. The Morgan fingerprint density at radius 1 is 1.25 bits per heavy atom. The summed E-state index contributed by atoms with van der Waals surface area (Å²) >= 11 is 0. The first-order valence-corrected chi connectivity index (χ1v) is 6.32. The molecule has 0 bridgehead atoms. The number of methoxy groups -OCH3 is 1. The summed E-state index contributed by atoms with van der Waals surface area (Å²) in [5.74, 6) is 0.611. The Bertz CT molecular complexity index is 210. The quantitative estimate of drug-likeness (QED) is 0.772. The Balaban J connectivity index is 2.72. The van der Waals surface area contributed by atoms with Crippen LogP contribution in [0.15, 0.2) is 0 Å². The topological polar surface area (TPSA) is 47.3 Å². The molecule has 0 aromatic heterocycles. The second-order valence-electron chi connectivity index (χ2n) is 6.41. The fourth-order valence-electron chi connectivity index (χ4n) is 3.37. The molecular weight excluding hydrogens is 200 g/mol. The first-order valence-electron chi connectivity index (χ1n) is 6.32. The van der Waals surface area contributed by atoms with Gasteiger partial charge in [-0.2, -0.15) is 0 Å². The summed E-state index contributed by atoms with van der Waals surface area (Å²) in [6.07, 6.45) is 3.60. The molecule has 1 saturated heterocycles. The van der Waals surface area contributed by atoms with Crippen molar-refractivity contribution in [2.24, 2.45) is 11.7 Å². The normalized spacial score (nSPS) is 26.6. The molecule has 0 spiro atoms. The van der Waals surface area contributed by atoms with Crippen LogP contribution in [-0.4, -0.2) is 30.8 Å². The van der Waals surface area contributed by atoms with Gasteiger partial charge < -0.3 is 15.8 Å². The van der Waals surface area contributed by atoms with E-state index in [-0.39, 0.29) is 11.1 Å². The van der Waals surface area contributed by atoms with E-state index in [2.05, 4.69) is 33.0 Å². The third-order valence-corrected chi connectivity index (χ3v) is 3.50. The molecule has 16 heavy (non-hydrogen) atoms. The Morgan fingerprint density at radius 3 is 2.12 bits per heavy atom. The summed E-state index contributed by atoms with van der Waals surface area (Å²) in [7, 11) is 1.81. The highest BCUT2D eigenvalue weighted by Crippen LogP contribution is 2.36. The summed E-state index contributed by atoms with van der Waals surface area (Å²) < 4.78 is 5.61. The van der Waals surface area contributed by atoms with Crippen LogP contribution in [0.2, 0.25) is 0 Å². The van der Waals surface area contributed by atoms with Gasteiger partial charge in [-0.05, 0) is 59.4 Å². The average Bonchev–Trinajstić information content (AvgIpc) is 2.08. The highest BCUT2D eigenvalue weighted by atomic mass is 16.5. The van der Waals surface area contributed by atoms with Gasteiger partial charge in [-0.25, -0.2) is 0 Å². The Labute approximate surface area is 100 Å². The van der Waals surface area contributed by atoms with Crippen molar-refractivity contribution in [3.05, 3.63) is 0 Å². The van der Waals surface area contributed by atoms with E-state index in [4.69, 9.17) is 10.5 Å². The van der Waals surface area contributed by atoms with Crippen LogP contribution in [0, 0.1) is 5.92 Å². The highest BCUT2D eigenvalue weighted by Gasteiger charge is 2.40. The molecule has 0 saturated carbocycles. The standard InChI is InChI=1S/C13H28N2O/c1-12(2)8-10(9-13(3,4)15-12)11(16-5)6-7-14/h10-11,15H,6-9,14H2,1-5H3. The van der Waals surface area contributed by atoms with Crippen LogP contribution in [0.25, 0.3) is 0 Å². The molecule has 0 aliphatic carbocycles. The van der Waals surface area contributed by atoms with Crippen molar-refractivity contribution in [3.8, 4) is 0 Å². The number of nitrogens with one attached hydrogen (secondary N) is 1. The third-order valence-electron chi connectivity index (χ3n) is 3.50. The maximum Gasteiger partial charge on any atom is 0.0612 e. The van der Waals surface area contributed by atoms with Gasteiger partial charge >= 0.3 is 0 Å². The number of hydrogen-bond donors (Lipinski definition) is 2. The van der Waals surface area contributed by atoms with Gasteiger partial charge in [-0.3, -0.25) is 0 Å². The van der Waals surface area contributed by atoms with Gasteiger partial charge in [-0.1, -0.05) is 0 Å². The predicted octanol–water partition coefficient (Wildman–Crippen LogP) is 1.91. The highest BCUT2D eigenvalue weighted by molar-refractivity contribution is 4.98. The molecule has 1 unspecified atom stereocenters. The van der Waals surface area contributed by atoms with E-state index in [9.17, 15) is 0 Å². The monoisotopic (exact) mass is 228 g/mol. The molecule has 0 aromatic carbocycles. The molecule has 1 aliphatic heterocycles. The van der Waals surface area contributed by atoms with Crippen molar-refractivity contribution in [1.29, 1.82) is 0 Å². The first-order chi connectivity index (χ1) is 7.29. The summed E-state index contributed by atoms with van der Waals surface area (Å²) in [5.41, 5.74) is 6.04. The van der Waals surface area contributed by atoms with Crippen LogP contribution in [0.1, 0.15) is 47.0 Å². The minimum absolute atomic E-state index is 0.192. The van der Waals surface area contributed by atoms with E-state index in [1.54, 1.807) is 0 Å². The van der Waals surface area contributed by atoms with Crippen LogP contribution in [0.4, 0.5) is 0 Å². The van der Waals surface area contributed by atoms with Crippen molar-refractivity contribution in [1.82, 2.24) is 5.32 Å². The Morgan fingerprint density at radius 2 is 1.75 bits per heavy atom. The molecule has 0 amide bonds. The van der Waals surface area contributed by atoms with E-state index in [1.807, 2.05) is 7.11 Å². The predicted molar refractivity (Wildman–Crippen MR) is 68.5 cm³/mol. The molecule has 96 valence electrons. The minimum Gasteiger partial charge on any atom is -0.381 e. The van der Waals surface area contributed by atoms with Gasteiger partial charge in [0.05, 0.1) is 6.10 Å². The molecule has 3 nitrogen and oxygen atoms in total. The molecule has 1 rings (SSSR count). The smallest absolute Gasteiger partial charge is 0.0612 e. The number of nitrogens with two attached hydrogens (primary N) is 1.